The first kappa shape index (κ1) is 18.9. The van der Waals surface area contributed by atoms with Crippen LogP contribution in [0.2, 0.25) is 0 Å². The van der Waals surface area contributed by atoms with Gasteiger partial charge in [-0.3, -0.25) is 0 Å². The summed E-state index contributed by atoms with van der Waals surface area (Å²) in [6, 6.07) is 9.04. The zero-order chi connectivity index (χ0) is 19.3. The summed E-state index contributed by atoms with van der Waals surface area (Å²) in [6.45, 7) is 8.54. The summed E-state index contributed by atoms with van der Waals surface area (Å²) < 4.78 is 12.2. The number of rotatable bonds is 4. The fourth-order valence-electron chi connectivity index (χ4n) is 5.48. The molecule has 3 aliphatic heterocycles. The number of carbonyl (C=O) groups excluding carboxylic acids is 1. The molecule has 0 radical (unpaired) electrons. The molecule has 148 valence electrons. The van der Waals surface area contributed by atoms with Crippen LogP contribution in [0, 0.1) is 5.41 Å². The highest BCUT2D eigenvalue weighted by atomic mass is 17.3. The minimum atomic E-state index is -0.847. The molecule has 0 amide bonds. The summed E-state index contributed by atoms with van der Waals surface area (Å²) in [5.74, 6) is -1.17. The van der Waals surface area contributed by atoms with Crippen molar-refractivity contribution in [1.82, 2.24) is 0 Å². The number of esters is 1. The van der Waals surface area contributed by atoms with Crippen LogP contribution in [0.25, 0.3) is 0 Å². The predicted molar refractivity (Wildman–Crippen MR) is 99.9 cm³/mol. The van der Waals surface area contributed by atoms with E-state index in [2.05, 4.69) is 20.8 Å². The van der Waals surface area contributed by atoms with Crippen LogP contribution < -0.4 is 0 Å². The van der Waals surface area contributed by atoms with Gasteiger partial charge in [0.25, 0.3) is 0 Å². The summed E-state index contributed by atoms with van der Waals surface area (Å²) in [4.78, 5) is 24.3. The molecule has 1 aromatic carbocycles. The third-order valence-electron chi connectivity index (χ3n) is 6.92. The molecular formula is C22H30O5. The second-order valence-electron chi connectivity index (χ2n) is 9.26. The molecule has 3 heterocycles. The molecule has 3 saturated heterocycles. The fourth-order valence-corrected chi connectivity index (χ4v) is 5.48. The molecule has 1 aromatic rings. The lowest BCUT2D eigenvalue weighted by Gasteiger charge is -2.67. The Kier molecular flexibility index (Phi) is 4.41. The molecule has 5 nitrogen and oxygen atoms in total. The molecule has 1 spiro atoms. The van der Waals surface area contributed by atoms with Crippen molar-refractivity contribution in [2.45, 2.75) is 89.3 Å². The maximum absolute atomic E-state index is 12.3. The Morgan fingerprint density at radius 3 is 2.48 bits per heavy atom. The van der Waals surface area contributed by atoms with Gasteiger partial charge in [0.2, 0.25) is 5.79 Å². The van der Waals surface area contributed by atoms with Gasteiger partial charge in [-0.15, -0.1) is 0 Å². The summed E-state index contributed by atoms with van der Waals surface area (Å²) in [5, 5.41) is 0. The fraction of sp³-hybridized carbons (Fsp3) is 0.682. The zero-order valence-electron chi connectivity index (χ0n) is 16.7. The van der Waals surface area contributed by atoms with Crippen LogP contribution in [-0.4, -0.2) is 29.1 Å². The Bertz CT molecular complexity index is 705. The van der Waals surface area contributed by atoms with Gasteiger partial charge in [-0.1, -0.05) is 32.0 Å². The second-order valence-corrected chi connectivity index (χ2v) is 9.26. The van der Waals surface area contributed by atoms with Gasteiger partial charge in [0.1, 0.15) is 17.3 Å². The quantitative estimate of drug-likeness (QED) is 0.560. The number of ether oxygens (including phenoxy) is 2. The van der Waals surface area contributed by atoms with Crippen LogP contribution in [0.1, 0.15) is 76.6 Å². The number of carbonyl (C=O) groups is 1. The first-order valence-electron chi connectivity index (χ1n) is 10.0. The third-order valence-corrected chi connectivity index (χ3v) is 6.92. The van der Waals surface area contributed by atoms with E-state index in [1.54, 1.807) is 12.1 Å². The van der Waals surface area contributed by atoms with Crippen molar-refractivity contribution in [3.8, 4) is 0 Å². The van der Waals surface area contributed by atoms with Gasteiger partial charge in [-0.25, -0.2) is 14.6 Å². The Hall–Kier alpha value is -1.43. The number of benzene rings is 1. The topological polar surface area (TPSA) is 54.0 Å². The van der Waals surface area contributed by atoms with Crippen LogP contribution in [0.4, 0.5) is 0 Å². The molecule has 5 heteroatoms. The Morgan fingerprint density at radius 2 is 1.81 bits per heavy atom. The van der Waals surface area contributed by atoms with E-state index >= 15 is 0 Å². The van der Waals surface area contributed by atoms with E-state index in [1.165, 1.54) is 0 Å². The molecule has 1 saturated carbocycles. The molecule has 0 aromatic heterocycles. The van der Waals surface area contributed by atoms with Crippen molar-refractivity contribution in [2.24, 2.45) is 5.41 Å². The van der Waals surface area contributed by atoms with Gasteiger partial charge >= 0.3 is 5.97 Å². The number of fused-ring (bicyclic) bond motifs is 2. The monoisotopic (exact) mass is 374 g/mol. The van der Waals surface area contributed by atoms with Gasteiger partial charge in [0, 0.05) is 12.8 Å². The molecule has 5 rings (SSSR count). The second kappa shape index (κ2) is 6.29. The number of hydrogen-bond donors (Lipinski definition) is 0. The maximum Gasteiger partial charge on any atom is 0.338 e. The molecule has 4 aliphatic rings. The minimum absolute atomic E-state index is 0.00201. The van der Waals surface area contributed by atoms with E-state index in [0.717, 1.165) is 32.1 Å². The van der Waals surface area contributed by atoms with Crippen LogP contribution in [-0.2, 0) is 19.2 Å². The highest BCUT2D eigenvalue weighted by Gasteiger charge is 2.71. The average molecular weight is 374 g/mol. The van der Waals surface area contributed by atoms with Crippen molar-refractivity contribution >= 4 is 5.97 Å². The van der Waals surface area contributed by atoms with Crippen molar-refractivity contribution in [2.75, 3.05) is 0 Å². The highest BCUT2D eigenvalue weighted by molar-refractivity contribution is 5.89. The molecular weight excluding hydrogens is 344 g/mol. The minimum Gasteiger partial charge on any atom is -0.459 e. The van der Waals surface area contributed by atoms with E-state index in [1.807, 2.05) is 25.1 Å². The molecule has 4 atom stereocenters. The molecule has 0 N–H and O–H groups in total. The van der Waals surface area contributed by atoms with E-state index in [4.69, 9.17) is 19.2 Å². The van der Waals surface area contributed by atoms with Crippen LogP contribution in [0.15, 0.2) is 30.3 Å². The molecule has 4 fully saturated rings. The van der Waals surface area contributed by atoms with E-state index in [-0.39, 0.29) is 23.1 Å². The zero-order valence-corrected chi connectivity index (χ0v) is 16.7. The Labute approximate surface area is 161 Å². The van der Waals surface area contributed by atoms with Gasteiger partial charge in [0.05, 0.1) is 5.56 Å². The summed E-state index contributed by atoms with van der Waals surface area (Å²) in [7, 11) is 0. The van der Waals surface area contributed by atoms with Gasteiger partial charge < -0.3 is 9.47 Å². The lowest BCUT2D eigenvalue weighted by atomic mass is 9.55. The first-order chi connectivity index (χ1) is 12.7. The lowest BCUT2D eigenvalue weighted by Crippen LogP contribution is -2.75. The molecule has 1 aliphatic carbocycles. The van der Waals surface area contributed by atoms with Crippen molar-refractivity contribution in [3.05, 3.63) is 35.9 Å². The number of hydrogen-bond acceptors (Lipinski definition) is 5. The standard InChI is InChI=1S/C22H30O5/c1-16(24-18(23)17-9-6-5-7-10-17)15-21-13-14-22(27-26-21)19(2,3)11-8-12-20(22,4)25-21/h5-7,9-10,16H,8,11-15H2,1-4H3/t16-,20-,21-,22+/m1/s1. The predicted octanol–water partition coefficient (Wildman–Crippen LogP) is 4.80. The highest BCUT2D eigenvalue weighted by Crippen LogP contribution is 2.63. The summed E-state index contributed by atoms with van der Waals surface area (Å²) in [6.07, 6.45) is 4.94. The largest absolute Gasteiger partial charge is 0.459 e. The molecule has 27 heavy (non-hydrogen) atoms. The smallest absolute Gasteiger partial charge is 0.338 e. The van der Waals surface area contributed by atoms with Gasteiger partial charge in [0.15, 0.2) is 0 Å². The molecule has 2 bridgehead atoms. The van der Waals surface area contributed by atoms with Gasteiger partial charge in [-0.05, 0) is 57.1 Å². The molecule has 0 unspecified atom stereocenters. The van der Waals surface area contributed by atoms with Gasteiger partial charge in [-0.2, -0.15) is 0 Å². The Balaban J connectivity index is 1.47. The van der Waals surface area contributed by atoms with E-state index < -0.39 is 11.4 Å². The maximum atomic E-state index is 12.3. The third kappa shape index (κ3) is 2.91. The first-order valence-corrected chi connectivity index (χ1v) is 10.0. The van der Waals surface area contributed by atoms with Crippen molar-refractivity contribution in [1.29, 1.82) is 0 Å². The van der Waals surface area contributed by atoms with Crippen LogP contribution in [0.3, 0.4) is 0 Å². The Morgan fingerprint density at radius 1 is 1.07 bits per heavy atom. The summed E-state index contributed by atoms with van der Waals surface area (Å²) >= 11 is 0. The SMILES string of the molecule is C[C@H](C[C@@]12CC[C@]3(OO1)C(C)(C)CCC[C@@]3(C)O2)OC(=O)c1ccccc1. The van der Waals surface area contributed by atoms with Crippen LogP contribution in [0.5, 0.6) is 0 Å². The van der Waals surface area contributed by atoms with Crippen molar-refractivity contribution < 1.29 is 24.0 Å². The van der Waals surface area contributed by atoms with E-state index in [0.29, 0.717) is 12.0 Å². The van der Waals surface area contributed by atoms with E-state index in [9.17, 15) is 4.79 Å². The lowest BCUT2D eigenvalue weighted by molar-refractivity contribution is -0.593. The normalized spacial score (nSPS) is 38.1. The summed E-state index contributed by atoms with van der Waals surface area (Å²) in [5.41, 5.74) is -0.247. The van der Waals surface area contributed by atoms with Crippen molar-refractivity contribution in [3.63, 3.8) is 0 Å². The average Bonchev–Trinajstić information content (AvgIpc) is 2.61. The van der Waals surface area contributed by atoms with Crippen LogP contribution >= 0.6 is 0 Å².